The second-order valence-corrected chi connectivity index (χ2v) is 6.74. The highest BCUT2D eigenvalue weighted by atomic mass is 35.5. The molecule has 2 fully saturated rings. The Hall–Kier alpha value is -0.730. The number of nitrogens with one attached hydrogen (secondary N) is 1. The molecular formula is C17H24ClNO. The largest absolute Gasteiger partial charge is 0.489 e. The minimum atomic E-state index is 0.353. The Morgan fingerprint density at radius 2 is 2.10 bits per heavy atom. The van der Waals surface area contributed by atoms with Gasteiger partial charge in [0, 0.05) is 22.9 Å². The van der Waals surface area contributed by atoms with Crippen LogP contribution in [-0.4, -0.2) is 18.7 Å². The summed E-state index contributed by atoms with van der Waals surface area (Å²) < 4.78 is 6.35. The summed E-state index contributed by atoms with van der Waals surface area (Å²) >= 11 is 6.10. The third kappa shape index (κ3) is 2.33. The van der Waals surface area contributed by atoms with Crippen molar-refractivity contribution in [3.05, 3.63) is 28.8 Å². The Balaban J connectivity index is 1.76. The highest BCUT2D eigenvalue weighted by molar-refractivity contribution is 6.30. The summed E-state index contributed by atoms with van der Waals surface area (Å²) in [6, 6.07) is 6.57. The molecule has 0 heterocycles. The molecule has 0 amide bonds. The van der Waals surface area contributed by atoms with Crippen molar-refractivity contribution in [1.82, 2.24) is 5.32 Å². The number of ether oxygens (including phenoxy) is 1. The smallest absolute Gasteiger partial charge is 0.124 e. The minimum absolute atomic E-state index is 0.353. The van der Waals surface area contributed by atoms with E-state index in [4.69, 9.17) is 16.3 Å². The Kier molecular flexibility index (Phi) is 3.96. The van der Waals surface area contributed by atoms with Crippen LogP contribution in [0.4, 0.5) is 0 Å². The molecule has 0 aliphatic heterocycles. The third-order valence-electron chi connectivity index (χ3n) is 5.19. The van der Waals surface area contributed by atoms with Crippen molar-refractivity contribution in [3.8, 4) is 5.75 Å². The number of hydrogen-bond donors (Lipinski definition) is 1. The first-order valence-electron chi connectivity index (χ1n) is 7.82. The van der Waals surface area contributed by atoms with Crippen molar-refractivity contribution in [2.45, 2.75) is 58.1 Å². The highest BCUT2D eigenvalue weighted by Crippen LogP contribution is 2.54. The summed E-state index contributed by atoms with van der Waals surface area (Å²) in [6.07, 6.45) is 6.77. The summed E-state index contributed by atoms with van der Waals surface area (Å²) in [5.74, 6) is 0.962. The van der Waals surface area contributed by atoms with Crippen LogP contribution in [0.3, 0.4) is 0 Å². The van der Waals surface area contributed by atoms with Crippen molar-refractivity contribution < 1.29 is 4.74 Å². The van der Waals surface area contributed by atoms with E-state index >= 15 is 0 Å². The van der Waals surface area contributed by atoms with E-state index in [2.05, 4.69) is 19.2 Å². The van der Waals surface area contributed by atoms with Gasteiger partial charge < -0.3 is 10.1 Å². The standard InChI is InChI=1S/C17H24ClNO/c1-3-19-15-11-16(17(15)8-4-5-9-17)20-14-10-13(18)7-6-12(14)2/h6-7,10,15-16,19H,3-5,8-9,11H2,1-2H3. The Morgan fingerprint density at radius 1 is 1.35 bits per heavy atom. The molecule has 2 saturated carbocycles. The van der Waals surface area contributed by atoms with Crippen molar-refractivity contribution in [1.29, 1.82) is 0 Å². The second kappa shape index (κ2) is 5.57. The second-order valence-electron chi connectivity index (χ2n) is 6.30. The van der Waals surface area contributed by atoms with Crippen LogP contribution in [0.15, 0.2) is 18.2 Å². The van der Waals surface area contributed by atoms with Crippen molar-refractivity contribution in [2.75, 3.05) is 6.54 Å². The maximum absolute atomic E-state index is 6.35. The quantitative estimate of drug-likeness (QED) is 0.892. The number of rotatable bonds is 4. The van der Waals surface area contributed by atoms with Crippen molar-refractivity contribution >= 4 is 11.6 Å². The fraction of sp³-hybridized carbons (Fsp3) is 0.647. The predicted octanol–water partition coefficient (Wildman–Crippen LogP) is 4.34. The zero-order valence-corrected chi connectivity index (χ0v) is 13.2. The normalized spacial score (nSPS) is 27.6. The van der Waals surface area contributed by atoms with Gasteiger partial charge in [-0.25, -0.2) is 0 Å². The van der Waals surface area contributed by atoms with Crippen LogP contribution in [0.2, 0.25) is 5.02 Å². The molecule has 2 aliphatic carbocycles. The van der Waals surface area contributed by atoms with Gasteiger partial charge in [0.1, 0.15) is 11.9 Å². The molecular weight excluding hydrogens is 270 g/mol. The van der Waals surface area contributed by atoms with Gasteiger partial charge in [-0.2, -0.15) is 0 Å². The van der Waals surface area contributed by atoms with Gasteiger partial charge in [0.15, 0.2) is 0 Å². The lowest BCUT2D eigenvalue weighted by Crippen LogP contribution is -2.63. The van der Waals surface area contributed by atoms with Gasteiger partial charge in [0.2, 0.25) is 0 Å². The maximum atomic E-state index is 6.35. The number of aryl methyl sites for hydroxylation is 1. The Labute approximate surface area is 126 Å². The van der Waals surface area contributed by atoms with Gasteiger partial charge in [-0.05, 0) is 44.0 Å². The first kappa shape index (κ1) is 14.2. The molecule has 2 nitrogen and oxygen atoms in total. The van der Waals surface area contributed by atoms with Gasteiger partial charge in [0.05, 0.1) is 0 Å². The zero-order chi connectivity index (χ0) is 14.2. The van der Waals surface area contributed by atoms with Crippen LogP contribution in [0.25, 0.3) is 0 Å². The van der Waals surface area contributed by atoms with E-state index in [9.17, 15) is 0 Å². The van der Waals surface area contributed by atoms with Gasteiger partial charge in [-0.15, -0.1) is 0 Å². The molecule has 0 aromatic heterocycles. The molecule has 2 aliphatic rings. The van der Waals surface area contributed by atoms with Gasteiger partial charge >= 0.3 is 0 Å². The first-order valence-corrected chi connectivity index (χ1v) is 8.20. The number of hydrogen-bond acceptors (Lipinski definition) is 2. The average molecular weight is 294 g/mol. The van der Waals surface area contributed by atoms with Crippen molar-refractivity contribution in [3.63, 3.8) is 0 Å². The fourth-order valence-corrected chi connectivity index (χ4v) is 4.17. The topological polar surface area (TPSA) is 21.3 Å². The molecule has 3 rings (SSSR count). The van der Waals surface area contributed by atoms with Gasteiger partial charge in [-0.1, -0.05) is 37.4 Å². The molecule has 3 heteroatoms. The molecule has 0 bridgehead atoms. The summed E-state index contributed by atoms with van der Waals surface area (Å²) in [6.45, 7) is 5.33. The van der Waals surface area contributed by atoms with Gasteiger partial charge in [-0.3, -0.25) is 0 Å². The number of benzene rings is 1. The fourth-order valence-electron chi connectivity index (χ4n) is 4.00. The number of halogens is 1. The Bertz CT molecular complexity index is 482. The lowest BCUT2D eigenvalue weighted by Gasteiger charge is -2.54. The molecule has 1 aromatic rings. The van der Waals surface area contributed by atoms with Crippen LogP contribution < -0.4 is 10.1 Å². The molecule has 2 unspecified atom stereocenters. The van der Waals surface area contributed by atoms with E-state index in [0.29, 0.717) is 17.6 Å². The van der Waals surface area contributed by atoms with Crippen molar-refractivity contribution in [2.24, 2.45) is 5.41 Å². The lowest BCUT2D eigenvalue weighted by molar-refractivity contribution is -0.0758. The van der Waals surface area contributed by atoms with E-state index in [1.807, 2.05) is 18.2 Å². The molecule has 0 radical (unpaired) electrons. The van der Waals surface area contributed by atoms with E-state index in [0.717, 1.165) is 23.7 Å². The summed E-state index contributed by atoms with van der Waals surface area (Å²) in [7, 11) is 0. The monoisotopic (exact) mass is 293 g/mol. The molecule has 1 spiro atoms. The van der Waals surface area contributed by atoms with Crippen LogP contribution in [0.5, 0.6) is 5.75 Å². The molecule has 20 heavy (non-hydrogen) atoms. The van der Waals surface area contributed by atoms with E-state index < -0.39 is 0 Å². The maximum Gasteiger partial charge on any atom is 0.124 e. The molecule has 110 valence electrons. The van der Waals surface area contributed by atoms with E-state index in [-0.39, 0.29) is 0 Å². The third-order valence-corrected chi connectivity index (χ3v) is 5.42. The average Bonchev–Trinajstić information content (AvgIpc) is 2.94. The molecule has 1 aromatic carbocycles. The summed E-state index contributed by atoms with van der Waals surface area (Å²) in [5.41, 5.74) is 1.54. The minimum Gasteiger partial charge on any atom is -0.489 e. The van der Waals surface area contributed by atoms with E-state index in [1.54, 1.807) is 0 Å². The lowest BCUT2D eigenvalue weighted by atomic mass is 9.60. The van der Waals surface area contributed by atoms with Crippen LogP contribution in [0.1, 0.15) is 44.6 Å². The van der Waals surface area contributed by atoms with Crippen LogP contribution in [0, 0.1) is 12.3 Å². The SMILES string of the molecule is CCNC1CC(Oc2cc(Cl)ccc2C)C12CCCC2. The Morgan fingerprint density at radius 3 is 2.80 bits per heavy atom. The molecule has 1 N–H and O–H groups in total. The van der Waals surface area contributed by atoms with Crippen LogP contribution >= 0.6 is 11.6 Å². The highest BCUT2D eigenvalue weighted by Gasteiger charge is 2.57. The first-order chi connectivity index (χ1) is 9.65. The summed E-state index contributed by atoms with van der Waals surface area (Å²) in [5, 5.41) is 4.41. The zero-order valence-electron chi connectivity index (χ0n) is 12.4. The van der Waals surface area contributed by atoms with Crippen LogP contribution in [-0.2, 0) is 0 Å². The molecule has 0 saturated heterocycles. The molecule has 2 atom stereocenters. The van der Waals surface area contributed by atoms with Gasteiger partial charge in [0.25, 0.3) is 0 Å². The summed E-state index contributed by atoms with van der Waals surface area (Å²) in [4.78, 5) is 0. The predicted molar refractivity (Wildman–Crippen MR) is 83.6 cm³/mol. The van der Waals surface area contributed by atoms with E-state index in [1.165, 1.54) is 31.2 Å².